The Labute approximate surface area is 209 Å². The van der Waals surface area contributed by atoms with Crippen LogP contribution in [0.2, 0.25) is 0 Å². The second kappa shape index (κ2) is 11.1. The average Bonchev–Trinajstić information content (AvgIpc) is 2.84. The number of rotatable bonds is 7. The van der Waals surface area contributed by atoms with E-state index in [0.29, 0.717) is 18.1 Å². The van der Waals surface area contributed by atoms with Crippen LogP contribution in [0.3, 0.4) is 0 Å². The molecule has 2 aromatic carbocycles. The first kappa shape index (κ1) is 26.9. The van der Waals surface area contributed by atoms with E-state index < -0.39 is 29.2 Å². The third-order valence-corrected chi connectivity index (χ3v) is 8.23. The summed E-state index contributed by atoms with van der Waals surface area (Å²) in [6, 6.07) is 7.47. The van der Waals surface area contributed by atoms with Crippen LogP contribution >= 0.6 is 0 Å². The minimum atomic E-state index is -4.96. The highest BCUT2D eigenvalue weighted by molar-refractivity contribution is 5.32. The third kappa shape index (κ3) is 6.38. The van der Waals surface area contributed by atoms with Crippen molar-refractivity contribution in [2.75, 3.05) is 0 Å². The summed E-state index contributed by atoms with van der Waals surface area (Å²) in [5, 5.41) is 0. The Bertz CT molecular complexity index is 984. The fourth-order valence-corrected chi connectivity index (χ4v) is 6.22. The molecule has 0 amide bonds. The minimum Gasteiger partial charge on any atom is -0.429 e. The summed E-state index contributed by atoms with van der Waals surface area (Å²) in [7, 11) is 0. The molecule has 0 spiro atoms. The second-order valence-corrected chi connectivity index (χ2v) is 10.6. The van der Waals surface area contributed by atoms with Crippen LogP contribution in [0.4, 0.5) is 26.3 Å². The molecule has 0 heterocycles. The molecular formula is C29H34F6O. The third-order valence-electron chi connectivity index (χ3n) is 8.23. The zero-order valence-corrected chi connectivity index (χ0v) is 20.6. The summed E-state index contributed by atoms with van der Waals surface area (Å²) >= 11 is 0. The molecule has 4 rings (SSSR count). The summed E-state index contributed by atoms with van der Waals surface area (Å²) in [5.41, 5.74) is -1.49. The van der Waals surface area contributed by atoms with Gasteiger partial charge in [0, 0.05) is 0 Å². The molecule has 7 heteroatoms. The van der Waals surface area contributed by atoms with Gasteiger partial charge in [-0.2, -0.15) is 22.0 Å². The van der Waals surface area contributed by atoms with E-state index in [1.807, 2.05) is 0 Å². The zero-order valence-electron chi connectivity index (χ0n) is 20.6. The van der Waals surface area contributed by atoms with Gasteiger partial charge in [0.05, 0.1) is 11.1 Å². The standard InChI is InChI=1S/C29H34F6O/c1-2-3-19-4-6-20(7-5-19)21-8-10-22(11-9-21)23-12-15-25(16-13-23)36-29(34,35)24-14-17-26(27(30)18-24)28(31,32)33/h12-22H,2-11H2,1H3. The molecule has 2 aliphatic rings. The Hall–Kier alpha value is -2.18. The number of hydrogen-bond donors (Lipinski definition) is 0. The predicted molar refractivity (Wildman–Crippen MR) is 127 cm³/mol. The van der Waals surface area contributed by atoms with E-state index in [2.05, 4.69) is 6.92 Å². The molecule has 2 aromatic rings. The summed E-state index contributed by atoms with van der Waals surface area (Å²) in [5.74, 6) is 1.04. The topological polar surface area (TPSA) is 9.23 Å². The van der Waals surface area contributed by atoms with Crippen molar-refractivity contribution < 1.29 is 31.1 Å². The van der Waals surface area contributed by atoms with Crippen molar-refractivity contribution >= 4 is 0 Å². The highest BCUT2D eigenvalue weighted by Gasteiger charge is 2.39. The summed E-state index contributed by atoms with van der Waals surface area (Å²) in [6.07, 6.45) is 3.69. The molecule has 2 aliphatic carbocycles. The first-order chi connectivity index (χ1) is 17.1. The Morgan fingerprint density at radius 2 is 1.36 bits per heavy atom. The van der Waals surface area contributed by atoms with E-state index in [9.17, 15) is 26.3 Å². The second-order valence-electron chi connectivity index (χ2n) is 10.6. The molecule has 0 bridgehead atoms. The molecule has 2 fully saturated rings. The molecule has 0 atom stereocenters. The molecular weight excluding hydrogens is 478 g/mol. The Morgan fingerprint density at radius 3 is 1.89 bits per heavy atom. The van der Waals surface area contributed by atoms with Crippen LogP contribution in [0.5, 0.6) is 5.75 Å². The largest absolute Gasteiger partial charge is 0.429 e. The van der Waals surface area contributed by atoms with Gasteiger partial charge in [-0.15, -0.1) is 0 Å². The molecule has 0 saturated heterocycles. The van der Waals surface area contributed by atoms with Crippen LogP contribution in [-0.2, 0) is 12.3 Å². The van der Waals surface area contributed by atoms with Crippen molar-refractivity contribution in [1.29, 1.82) is 0 Å². The molecule has 0 radical (unpaired) electrons. The van der Waals surface area contributed by atoms with E-state index in [0.717, 1.165) is 36.2 Å². The van der Waals surface area contributed by atoms with Gasteiger partial charge in [-0.3, -0.25) is 0 Å². The molecule has 198 valence electrons. The molecule has 36 heavy (non-hydrogen) atoms. The average molecular weight is 513 g/mol. The summed E-state index contributed by atoms with van der Waals surface area (Å²) < 4.78 is 85.7. The maximum Gasteiger partial charge on any atom is 0.426 e. The molecule has 0 unspecified atom stereocenters. The number of halogens is 6. The minimum absolute atomic E-state index is 0.124. The van der Waals surface area contributed by atoms with Gasteiger partial charge in [-0.1, -0.05) is 44.7 Å². The van der Waals surface area contributed by atoms with Gasteiger partial charge < -0.3 is 4.74 Å². The van der Waals surface area contributed by atoms with Gasteiger partial charge in [-0.05, 0) is 98.1 Å². The normalized spacial score (nSPS) is 25.5. The van der Waals surface area contributed by atoms with E-state index in [4.69, 9.17) is 4.74 Å². The molecule has 1 nitrogen and oxygen atoms in total. The van der Waals surface area contributed by atoms with Crippen LogP contribution in [0.25, 0.3) is 0 Å². The van der Waals surface area contributed by atoms with Crippen molar-refractivity contribution in [3.8, 4) is 5.75 Å². The van der Waals surface area contributed by atoms with Crippen molar-refractivity contribution in [1.82, 2.24) is 0 Å². The van der Waals surface area contributed by atoms with E-state index >= 15 is 0 Å². The fraction of sp³-hybridized carbons (Fsp3) is 0.586. The van der Waals surface area contributed by atoms with E-state index in [1.54, 1.807) is 12.1 Å². The highest BCUT2D eigenvalue weighted by Crippen LogP contribution is 2.45. The van der Waals surface area contributed by atoms with Crippen molar-refractivity contribution in [2.45, 2.75) is 89.3 Å². The van der Waals surface area contributed by atoms with Gasteiger partial charge in [0.25, 0.3) is 0 Å². The highest BCUT2D eigenvalue weighted by atomic mass is 19.4. The maximum atomic E-state index is 14.5. The van der Waals surface area contributed by atoms with Crippen molar-refractivity contribution in [3.63, 3.8) is 0 Å². The van der Waals surface area contributed by atoms with Gasteiger partial charge in [-0.25, -0.2) is 4.39 Å². The summed E-state index contributed by atoms with van der Waals surface area (Å²) in [6.45, 7) is 2.26. The lowest BCUT2D eigenvalue weighted by Crippen LogP contribution is -2.25. The van der Waals surface area contributed by atoms with Gasteiger partial charge >= 0.3 is 12.3 Å². The van der Waals surface area contributed by atoms with Crippen LogP contribution in [0.1, 0.15) is 93.7 Å². The van der Waals surface area contributed by atoms with E-state index in [1.165, 1.54) is 63.5 Å². The number of hydrogen-bond acceptors (Lipinski definition) is 1. The quantitative estimate of drug-likeness (QED) is 0.336. The predicted octanol–water partition coefficient (Wildman–Crippen LogP) is 9.85. The lowest BCUT2D eigenvalue weighted by atomic mass is 9.68. The molecule has 2 saturated carbocycles. The Kier molecular flexibility index (Phi) is 8.25. The fourth-order valence-electron chi connectivity index (χ4n) is 6.22. The SMILES string of the molecule is CCCC1CCC(C2CCC(c3ccc(OC(F)(F)c4ccc(C(F)(F)F)c(F)c4)cc3)CC2)CC1. The lowest BCUT2D eigenvalue weighted by molar-refractivity contribution is -0.186. The number of alkyl halides is 5. The van der Waals surface area contributed by atoms with Crippen molar-refractivity contribution in [2.24, 2.45) is 17.8 Å². The molecule has 0 aliphatic heterocycles. The van der Waals surface area contributed by atoms with Crippen LogP contribution < -0.4 is 4.74 Å². The Morgan fingerprint density at radius 1 is 0.778 bits per heavy atom. The maximum absolute atomic E-state index is 14.5. The molecule has 0 aromatic heterocycles. The zero-order chi connectivity index (χ0) is 25.9. The van der Waals surface area contributed by atoms with Crippen LogP contribution in [-0.4, -0.2) is 0 Å². The number of benzene rings is 2. The van der Waals surface area contributed by atoms with Gasteiger partial charge in [0.1, 0.15) is 11.6 Å². The first-order valence-electron chi connectivity index (χ1n) is 13.1. The lowest BCUT2D eigenvalue weighted by Gasteiger charge is -2.38. The van der Waals surface area contributed by atoms with Crippen LogP contribution in [0, 0.1) is 23.6 Å². The first-order valence-corrected chi connectivity index (χ1v) is 13.1. The number of ether oxygens (including phenoxy) is 1. The Balaban J connectivity index is 1.31. The molecule has 0 N–H and O–H groups in total. The summed E-state index contributed by atoms with van der Waals surface area (Å²) in [4.78, 5) is 0. The van der Waals surface area contributed by atoms with Crippen LogP contribution in [0.15, 0.2) is 42.5 Å². The van der Waals surface area contributed by atoms with Gasteiger partial charge in [0.15, 0.2) is 0 Å². The van der Waals surface area contributed by atoms with Gasteiger partial charge in [0.2, 0.25) is 0 Å². The smallest absolute Gasteiger partial charge is 0.426 e. The van der Waals surface area contributed by atoms with Crippen molar-refractivity contribution in [3.05, 3.63) is 65.0 Å². The van der Waals surface area contributed by atoms with E-state index in [-0.39, 0.29) is 11.8 Å². The monoisotopic (exact) mass is 512 g/mol.